The molecule has 3 aromatic heterocycles. The van der Waals surface area contributed by atoms with Crippen LogP contribution in [0.5, 0.6) is 0 Å². The number of fused-ring (bicyclic) bond motifs is 2. The van der Waals surface area contributed by atoms with E-state index < -0.39 is 0 Å². The number of thiophene rings is 1. The molecular formula is C14H15N5S2. The summed E-state index contributed by atoms with van der Waals surface area (Å²) < 4.78 is 1.98. The Morgan fingerprint density at radius 2 is 2.24 bits per heavy atom. The largest absolute Gasteiger partial charge is 0.304 e. The van der Waals surface area contributed by atoms with Gasteiger partial charge in [-0.25, -0.2) is 0 Å². The lowest BCUT2D eigenvalue weighted by atomic mass is 9.85. The normalized spacial score (nSPS) is 22.4. The minimum atomic E-state index is 0.223. The van der Waals surface area contributed by atoms with Crippen molar-refractivity contribution in [1.29, 1.82) is 0 Å². The number of rotatable bonds is 2. The molecule has 1 fully saturated rings. The SMILES string of the molecule is c1cc2c(s1)CCNC2c1nn2c(C3CCC3)nnc2s1. The summed E-state index contributed by atoms with van der Waals surface area (Å²) in [6, 6.07) is 2.45. The van der Waals surface area contributed by atoms with Crippen LogP contribution in [0.4, 0.5) is 0 Å². The highest BCUT2D eigenvalue weighted by atomic mass is 32.1. The third-order valence-corrected chi connectivity index (χ3v) is 6.50. The average molecular weight is 317 g/mol. The topological polar surface area (TPSA) is 55.1 Å². The molecule has 0 radical (unpaired) electrons. The van der Waals surface area contributed by atoms with Crippen molar-refractivity contribution >= 4 is 27.6 Å². The summed E-state index contributed by atoms with van der Waals surface area (Å²) in [6.45, 7) is 1.02. The maximum atomic E-state index is 4.83. The van der Waals surface area contributed by atoms with Crippen molar-refractivity contribution in [2.24, 2.45) is 0 Å². The van der Waals surface area contributed by atoms with Crippen molar-refractivity contribution < 1.29 is 0 Å². The lowest BCUT2D eigenvalue weighted by Gasteiger charge is -2.23. The molecule has 1 aliphatic carbocycles. The van der Waals surface area contributed by atoms with Gasteiger partial charge in [-0.05, 0) is 36.3 Å². The smallest absolute Gasteiger partial charge is 0.234 e. The molecule has 21 heavy (non-hydrogen) atoms. The fourth-order valence-corrected chi connectivity index (χ4v) is 5.02. The Kier molecular flexibility index (Phi) is 2.68. The minimum Gasteiger partial charge on any atom is -0.304 e. The summed E-state index contributed by atoms with van der Waals surface area (Å²) in [5.74, 6) is 1.62. The third kappa shape index (κ3) is 1.81. The van der Waals surface area contributed by atoms with E-state index in [1.165, 1.54) is 29.7 Å². The van der Waals surface area contributed by atoms with Crippen LogP contribution in [0.2, 0.25) is 0 Å². The third-order valence-electron chi connectivity index (χ3n) is 4.54. The molecule has 1 saturated carbocycles. The number of nitrogens with zero attached hydrogens (tertiary/aromatic N) is 4. The highest BCUT2D eigenvalue weighted by molar-refractivity contribution is 7.16. The zero-order chi connectivity index (χ0) is 13.8. The maximum Gasteiger partial charge on any atom is 0.234 e. The van der Waals surface area contributed by atoms with E-state index in [0.717, 1.165) is 28.8 Å². The molecule has 1 aliphatic heterocycles. The highest BCUT2D eigenvalue weighted by Crippen LogP contribution is 2.37. The van der Waals surface area contributed by atoms with E-state index in [2.05, 4.69) is 27.0 Å². The molecular weight excluding hydrogens is 302 g/mol. The van der Waals surface area contributed by atoms with E-state index in [0.29, 0.717) is 5.92 Å². The van der Waals surface area contributed by atoms with Crippen molar-refractivity contribution in [3.05, 3.63) is 32.7 Å². The molecule has 4 heterocycles. The lowest BCUT2D eigenvalue weighted by molar-refractivity contribution is 0.394. The molecule has 5 rings (SSSR count). The first kappa shape index (κ1) is 12.3. The van der Waals surface area contributed by atoms with Gasteiger partial charge < -0.3 is 5.32 Å². The first-order valence-corrected chi connectivity index (χ1v) is 9.11. The molecule has 5 nitrogen and oxygen atoms in total. The Hall–Kier alpha value is -1.31. The van der Waals surface area contributed by atoms with Crippen molar-refractivity contribution in [3.8, 4) is 0 Å². The molecule has 3 aromatic rings. The number of aromatic nitrogens is 4. The fraction of sp³-hybridized carbons (Fsp3) is 0.500. The van der Waals surface area contributed by atoms with Crippen LogP contribution in [-0.2, 0) is 6.42 Å². The molecule has 1 atom stereocenters. The van der Waals surface area contributed by atoms with Crippen LogP contribution in [0.25, 0.3) is 4.96 Å². The predicted molar refractivity (Wildman–Crippen MR) is 83.1 cm³/mol. The summed E-state index contributed by atoms with van der Waals surface area (Å²) in [5, 5.41) is 20.4. The zero-order valence-electron chi connectivity index (χ0n) is 11.5. The second-order valence-electron chi connectivity index (χ2n) is 5.76. The molecule has 0 saturated heterocycles. The highest BCUT2D eigenvalue weighted by Gasteiger charge is 2.29. The second kappa shape index (κ2) is 4.59. The van der Waals surface area contributed by atoms with Gasteiger partial charge in [-0.1, -0.05) is 17.8 Å². The number of hydrogen-bond acceptors (Lipinski definition) is 6. The van der Waals surface area contributed by atoms with E-state index >= 15 is 0 Å². The fourth-order valence-electron chi connectivity index (χ4n) is 3.16. The Labute approximate surface area is 130 Å². The van der Waals surface area contributed by atoms with Crippen LogP contribution in [0.1, 0.15) is 52.5 Å². The molecule has 1 N–H and O–H groups in total. The van der Waals surface area contributed by atoms with Crippen LogP contribution >= 0.6 is 22.7 Å². The first-order chi connectivity index (χ1) is 10.4. The minimum absolute atomic E-state index is 0.223. The van der Waals surface area contributed by atoms with E-state index in [-0.39, 0.29) is 6.04 Å². The van der Waals surface area contributed by atoms with Crippen LogP contribution in [0, 0.1) is 0 Å². The average Bonchev–Trinajstić information content (AvgIpc) is 3.11. The summed E-state index contributed by atoms with van der Waals surface area (Å²) in [5.41, 5.74) is 1.39. The van der Waals surface area contributed by atoms with E-state index in [9.17, 15) is 0 Å². The van der Waals surface area contributed by atoms with Crippen molar-refractivity contribution in [2.75, 3.05) is 6.54 Å². The second-order valence-corrected chi connectivity index (χ2v) is 7.75. The summed E-state index contributed by atoms with van der Waals surface area (Å²) in [6.07, 6.45) is 4.88. The molecule has 0 aromatic carbocycles. The lowest BCUT2D eigenvalue weighted by Crippen LogP contribution is -2.29. The van der Waals surface area contributed by atoms with E-state index in [1.54, 1.807) is 11.3 Å². The van der Waals surface area contributed by atoms with Gasteiger partial charge >= 0.3 is 0 Å². The first-order valence-electron chi connectivity index (χ1n) is 7.42. The molecule has 0 bridgehead atoms. The van der Waals surface area contributed by atoms with Crippen LogP contribution in [0.3, 0.4) is 0 Å². The molecule has 0 spiro atoms. The molecule has 0 amide bonds. The van der Waals surface area contributed by atoms with Gasteiger partial charge in [0.2, 0.25) is 4.96 Å². The van der Waals surface area contributed by atoms with Gasteiger partial charge in [0.15, 0.2) is 5.82 Å². The summed E-state index contributed by atoms with van der Waals surface area (Å²) in [4.78, 5) is 2.42. The van der Waals surface area contributed by atoms with Crippen LogP contribution < -0.4 is 5.32 Å². The van der Waals surface area contributed by atoms with Gasteiger partial charge in [0.1, 0.15) is 5.01 Å². The standard InChI is InChI=1S/C14H15N5S2/c1-2-8(3-1)12-16-17-14-19(12)18-13(21-14)11-9-5-7-20-10(9)4-6-15-11/h5,7-8,11,15H,1-4,6H2. The molecule has 108 valence electrons. The molecule has 7 heteroatoms. The van der Waals surface area contributed by atoms with Gasteiger partial charge in [0.05, 0.1) is 6.04 Å². The monoisotopic (exact) mass is 317 g/mol. The van der Waals surface area contributed by atoms with Gasteiger partial charge in [0, 0.05) is 17.3 Å². The molecule has 1 unspecified atom stereocenters. The van der Waals surface area contributed by atoms with Gasteiger partial charge in [-0.2, -0.15) is 9.61 Å². The van der Waals surface area contributed by atoms with Crippen molar-refractivity contribution in [1.82, 2.24) is 25.1 Å². The van der Waals surface area contributed by atoms with Crippen LogP contribution in [0.15, 0.2) is 11.4 Å². The Morgan fingerprint density at radius 3 is 3.10 bits per heavy atom. The Morgan fingerprint density at radius 1 is 1.29 bits per heavy atom. The summed E-state index contributed by atoms with van der Waals surface area (Å²) >= 11 is 3.52. The van der Waals surface area contributed by atoms with Crippen LogP contribution in [-0.4, -0.2) is 26.4 Å². The number of nitrogens with one attached hydrogen (secondary N) is 1. The van der Waals surface area contributed by atoms with Gasteiger partial charge in [-0.3, -0.25) is 0 Å². The van der Waals surface area contributed by atoms with Gasteiger partial charge in [0.25, 0.3) is 0 Å². The van der Waals surface area contributed by atoms with Crippen molar-refractivity contribution in [3.63, 3.8) is 0 Å². The quantitative estimate of drug-likeness (QED) is 0.789. The van der Waals surface area contributed by atoms with Gasteiger partial charge in [-0.15, -0.1) is 21.5 Å². The summed E-state index contributed by atoms with van der Waals surface area (Å²) in [7, 11) is 0. The number of hydrogen-bond donors (Lipinski definition) is 1. The molecule has 2 aliphatic rings. The zero-order valence-corrected chi connectivity index (χ0v) is 13.1. The van der Waals surface area contributed by atoms with E-state index in [1.807, 2.05) is 15.9 Å². The van der Waals surface area contributed by atoms with E-state index in [4.69, 9.17) is 5.10 Å². The Bertz CT molecular complexity index is 797. The Balaban J connectivity index is 1.58. The predicted octanol–water partition coefficient (Wildman–Crippen LogP) is 2.75. The van der Waals surface area contributed by atoms with Crippen molar-refractivity contribution in [2.45, 2.75) is 37.6 Å². The maximum absolute atomic E-state index is 4.83.